The second-order valence-corrected chi connectivity index (χ2v) is 6.87. The van der Waals surface area contributed by atoms with Gasteiger partial charge in [-0.25, -0.2) is 0 Å². The van der Waals surface area contributed by atoms with Crippen molar-refractivity contribution in [2.24, 2.45) is 0 Å². The third-order valence-corrected chi connectivity index (χ3v) is 4.47. The third kappa shape index (κ3) is 5.05. The van der Waals surface area contributed by atoms with Crippen LogP contribution in [0.4, 0.5) is 0 Å². The summed E-state index contributed by atoms with van der Waals surface area (Å²) in [5.41, 5.74) is 3.62. The van der Waals surface area contributed by atoms with E-state index in [2.05, 4.69) is 50.0 Å². The van der Waals surface area contributed by atoms with E-state index >= 15 is 0 Å². The Morgan fingerprint density at radius 2 is 1.75 bits per heavy atom. The molecule has 0 radical (unpaired) electrons. The molecule has 0 aliphatic heterocycles. The van der Waals surface area contributed by atoms with E-state index in [1.807, 2.05) is 37.3 Å². The number of hydrogen-bond acceptors (Lipinski definition) is 2. The quantitative estimate of drug-likeness (QED) is 0.678. The normalized spacial score (nSPS) is 14.8. The van der Waals surface area contributed by atoms with Gasteiger partial charge in [-0.1, -0.05) is 65.7 Å². The fourth-order valence-electron chi connectivity index (χ4n) is 3.05. The summed E-state index contributed by atoms with van der Waals surface area (Å²) in [6.07, 6.45) is 1.23. The average molecular weight is 323 g/mol. The summed E-state index contributed by atoms with van der Waals surface area (Å²) in [6.45, 7) is 11.0. The molecule has 2 heteroatoms. The van der Waals surface area contributed by atoms with E-state index in [9.17, 15) is 5.11 Å². The molecule has 2 atom stereocenters. The summed E-state index contributed by atoms with van der Waals surface area (Å²) in [7, 11) is 0. The van der Waals surface area contributed by atoms with Crippen LogP contribution in [0.2, 0.25) is 0 Å². The topological polar surface area (TPSA) is 32.3 Å². The van der Waals surface area contributed by atoms with Gasteiger partial charge in [0.2, 0.25) is 0 Å². The zero-order chi connectivity index (χ0) is 17.6. The molecular formula is C22H29NO. The molecule has 128 valence electrons. The van der Waals surface area contributed by atoms with Gasteiger partial charge in [-0.3, -0.25) is 0 Å². The Balaban J connectivity index is 2.00. The maximum atomic E-state index is 11.2. The number of hydrogen-bond donors (Lipinski definition) is 2. The minimum absolute atomic E-state index is 0.260. The monoisotopic (exact) mass is 323 g/mol. The molecule has 2 aromatic carbocycles. The molecule has 0 aliphatic rings. The average Bonchev–Trinajstić information content (AvgIpc) is 2.55. The van der Waals surface area contributed by atoms with Crippen LogP contribution in [-0.4, -0.2) is 11.7 Å². The fourth-order valence-corrected chi connectivity index (χ4v) is 3.05. The highest BCUT2D eigenvalue weighted by molar-refractivity contribution is 5.25. The highest BCUT2D eigenvalue weighted by Crippen LogP contribution is 2.31. The van der Waals surface area contributed by atoms with Gasteiger partial charge in [-0.2, -0.15) is 0 Å². The summed E-state index contributed by atoms with van der Waals surface area (Å²) in [5, 5.41) is 14.7. The molecule has 2 aromatic rings. The molecule has 0 saturated heterocycles. The molecular weight excluding hydrogens is 294 g/mol. The van der Waals surface area contributed by atoms with E-state index in [4.69, 9.17) is 0 Å². The number of aliphatic hydroxyl groups is 1. The maximum absolute atomic E-state index is 11.2. The standard InChI is InChI=1S/C22H29NO/c1-17(2)16-22(24,21-8-6-5-7-9-21)14-15-23-19(4)20-12-10-18(3)11-13-20/h5-13,19,23-24H,1,14-16H2,2-4H3/t19-,22?/m0/s1. The number of benzene rings is 2. The predicted molar refractivity (Wildman–Crippen MR) is 102 cm³/mol. The lowest BCUT2D eigenvalue weighted by Crippen LogP contribution is -2.32. The minimum atomic E-state index is -0.868. The van der Waals surface area contributed by atoms with Gasteiger partial charge in [0.25, 0.3) is 0 Å². The van der Waals surface area contributed by atoms with Gasteiger partial charge in [0.05, 0.1) is 5.60 Å². The molecule has 2 rings (SSSR count). The van der Waals surface area contributed by atoms with Crippen molar-refractivity contribution in [1.29, 1.82) is 0 Å². The SMILES string of the molecule is C=C(C)CC(O)(CCN[C@@H](C)c1ccc(C)cc1)c1ccccc1. The summed E-state index contributed by atoms with van der Waals surface area (Å²) in [5.74, 6) is 0. The molecule has 0 aliphatic carbocycles. The molecule has 0 bridgehead atoms. The minimum Gasteiger partial charge on any atom is -0.385 e. The van der Waals surface area contributed by atoms with Crippen molar-refractivity contribution in [2.45, 2.75) is 45.3 Å². The Kier molecular flexibility index (Phi) is 6.36. The highest BCUT2D eigenvalue weighted by Gasteiger charge is 2.28. The van der Waals surface area contributed by atoms with Crippen molar-refractivity contribution < 1.29 is 5.11 Å². The van der Waals surface area contributed by atoms with Gasteiger partial charge >= 0.3 is 0 Å². The molecule has 2 N–H and O–H groups in total. The number of aryl methyl sites for hydroxylation is 1. The molecule has 24 heavy (non-hydrogen) atoms. The first-order valence-corrected chi connectivity index (χ1v) is 8.63. The Bertz CT molecular complexity index is 647. The van der Waals surface area contributed by atoms with Gasteiger partial charge < -0.3 is 10.4 Å². The molecule has 0 spiro atoms. The van der Waals surface area contributed by atoms with E-state index in [1.54, 1.807) is 0 Å². The van der Waals surface area contributed by atoms with Crippen molar-refractivity contribution >= 4 is 0 Å². The summed E-state index contributed by atoms with van der Waals surface area (Å²) in [4.78, 5) is 0. The molecule has 2 nitrogen and oxygen atoms in total. The molecule has 0 fully saturated rings. The molecule has 0 aromatic heterocycles. The first kappa shape index (κ1) is 18.4. The lowest BCUT2D eigenvalue weighted by Gasteiger charge is -2.30. The first-order chi connectivity index (χ1) is 11.4. The van der Waals surface area contributed by atoms with Crippen LogP contribution in [0.1, 0.15) is 49.4 Å². The largest absolute Gasteiger partial charge is 0.385 e. The third-order valence-electron chi connectivity index (χ3n) is 4.47. The smallest absolute Gasteiger partial charge is 0.0945 e. The fraction of sp³-hybridized carbons (Fsp3) is 0.364. The van der Waals surface area contributed by atoms with Gasteiger partial charge in [-0.05, 0) is 44.9 Å². The van der Waals surface area contributed by atoms with Crippen LogP contribution in [0.15, 0.2) is 66.7 Å². The Morgan fingerprint density at radius 3 is 2.33 bits per heavy atom. The van der Waals surface area contributed by atoms with Gasteiger partial charge in [0.15, 0.2) is 0 Å². The molecule has 0 heterocycles. The van der Waals surface area contributed by atoms with Crippen LogP contribution < -0.4 is 5.32 Å². The van der Waals surface area contributed by atoms with Gasteiger partial charge in [0, 0.05) is 12.5 Å². The van der Waals surface area contributed by atoms with Crippen molar-refractivity contribution in [3.8, 4) is 0 Å². The Hall–Kier alpha value is -1.90. The van der Waals surface area contributed by atoms with E-state index in [1.165, 1.54) is 11.1 Å². The molecule has 0 saturated carbocycles. The maximum Gasteiger partial charge on any atom is 0.0945 e. The molecule has 0 amide bonds. The van der Waals surface area contributed by atoms with Crippen molar-refractivity contribution in [2.75, 3.05) is 6.54 Å². The number of rotatable bonds is 8. The van der Waals surface area contributed by atoms with Crippen molar-refractivity contribution in [3.63, 3.8) is 0 Å². The Morgan fingerprint density at radius 1 is 1.12 bits per heavy atom. The lowest BCUT2D eigenvalue weighted by molar-refractivity contribution is 0.0276. The van der Waals surface area contributed by atoms with Crippen LogP contribution in [-0.2, 0) is 5.60 Å². The summed E-state index contributed by atoms with van der Waals surface area (Å²) >= 11 is 0. The summed E-state index contributed by atoms with van der Waals surface area (Å²) < 4.78 is 0. The van der Waals surface area contributed by atoms with Gasteiger partial charge in [0.1, 0.15) is 0 Å². The van der Waals surface area contributed by atoms with Crippen LogP contribution in [0.3, 0.4) is 0 Å². The zero-order valence-electron chi connectivity index (χ0n) is 15.0. The van der Waals surface area contributed by atoms with E-state index in [-0.39, 0.29) is 6.04 Å². The zero-order valence-corrected chi connectivity index (χ0v) is 15.0. The van der Waals surface area contributed by atoms with Gasteiger partial charge in [-0.15, -0.1) is 6.58 Å². The Labute approximate surface area is 146 Å². The van der Waals surface area contributed by atoms with E-state index in [0.717, 1.165) is 17.7 Å². The van der Waals surface area contributed by atoms with Crippen molar-refractivity contribution in [1.82, 2.24) is 5.32 Å². The highest BCUT2D eigenvalue weighted by atomic mass is 16.3. The second kappa shape index (κ2) is 8.27. The summed E-state index contributed by atoms with van der Waals surface area (Å²) in [6, 6.07) is 18.7. The van der Waals surface area contributed by atoms with Crippen LogP contribution in [0.5, 0.6) is 0 Å². The predicted octanol–water partition coefficient (Wildman–Crippen LogP) is 4.89. The van der Waals surface area contributed by atoms with Crippen LogP contribution in [0, 0.1) is 6.92 Å². The van der Waals surface area contributed by atoms with E-state index < -0.39 is 5.60 Å². The number of nitrogens with one attached hydrogen (secondary N) is 1. The van der Waals surface area contributed by atoms with E-state index in [0.29, 0.717) is 12.8 Å². The second-order valence-electron chi connectivity index (χ2n) is 6.87. The van der Waals surface area contributed by atoms with Crippen molar-refractivity contribution in [3.05, 3.63) is 83.4 Å². The molecule has 1 unspecified atom stereocenters. The van der Waals surface area contributed by atoms with Crippen LogP contribution in [0.25, 0.3) is 0 Å². The van der Waals surface area contributed by atoms with Crippen LogP contribution >= 0.6 is 0 Å². The lowest BCUT2D eigenvalue weighted by atomic mass is 9.85. The first-order valence-electron chi connectivity index (χ1n) is 8.63.